The van der Waals surface area contributed by atoms with E-state index in [4.69, 9.17) is 5.11 Å². The second kappa shape index (κ2) is 6.35. The van der Waals surface area contributed by atoms with Gasteiger partial charge in [-0.1, -0.05) is 12.1 Å². The number of benzene rings is 1. The summed E-state index contributed by atoms with van der Waals surface area (Å²) in [5, 5.41) is 9.69. The number of fused-ring (bicyclic) bond motifs is 1. The average Bonchev–Trinajstić information content (AvgIpc) is 2.46. The van der Waals surface area contributed by atoms with Crippen LogP contribution in [0.3, 0.4) is 0 Å². The number of rotatable bonds is 5. The molecule has 0 aliphatic carbocycles. The van der Waals surface area contributed by atoms with Crippen molar-refractivity contribution in [2.75, 3.05) is 6.54 Å². The lowest BCUT2D eigenvalue weighted by Crippen LogP contribution is -2.39. The largest absolute Gasteiger partial charge is 0.481 e. The van der Waals surface area contributed by atoms with Crippen LogP contribution in [0.1, 0.15) is 30.6 Å². The fraction of sp³-hybridized carbons (Fsp3) is 0.312. The summed E-state index contributed by atoms with van der Waals surface area (Å²) in [5.41, 5.74) is 1.31. The number of nitrogens with zero attached hydrogens (tertiary/aromatic N) is 2. The number of amides is 1. The third kappa shape index (κ3) is 3.18. The fourth-order valence-corrected chi connectivity index (χ4v) is 2.46. The van der Waals surface area contributed by atoms with E-state index in [1.165, 1.54) is 0 Å². The van der Waals surface area contributed by atoms with Gasteiger partial charge in [0.05, 0.1) is 11.9 Å². The number of carboxylic acids is 1. The quantitative estimate of drug-likeness (QED) is 0.917. The SMILES string of the molecule is CCN(C(=O)c1cccc2ncccc12)C(C)CC(=O)O. The summed E-state index contributed by atoms with van der Waals surface area (Å²) in [4.78, 5) is 29.4. The Morgan fingerprint density at radius 2 is 2.05 bits per heavy atom. The number of aliphatic carboxylic acids is 1. The predicted octanol–water partition coefficient (Wildman–Crippen LogP) is 2.56. The van der Waals surface area contributed by atoms with Crippen LogP contribution in [0.4, 0.5) is 0 Å². The summed E-state index contributed by atoms with van der Waals surface area (Å²) in [7, 11) is 0. The summed E-state index contributed by atoms with van der Waals surface area (Å²) in [6.07, 6.45) is 1.61. The third-order valence-corrected chi connectivity index (χ3v) is 3.48. The van der Waals surface area contributed by atoms with Crippen LogP contribution >= 0.6 is 0 Å². The van der Waals surface area contributed by atoms with Crippen LogP contribution in [0.25, 0.3) is 10.9 Å². The summed E-state index contributed by atoms with van der Waals surface area (Å²) < 4.78 is 0. The molecule has 0 fully saturated rings. The van der Waals surface area contributed by atoms with Gasteiger partial charge in [0.2, 0.25) is 0 Å². The first-order valence-corrected chi connectivity index (χ1v) is 6.91. The molecule has 0 saturated carbocycles. The predicted molar refractivity (Wildman–Crippen MR) is 80.2 cm³/mol. The monoisotopic (exact) mass is 286 g/mol. The number of pyridine rings is 1. The zero-order valence-electron chi connectivity index (χ0n) is 12.1. The maximum absolute atomic E-state index is 12.7. The molecule has 1 aromatic carbocycles. The van der Waals surface area contributed by atoms with Gasteiger partial charge >= 0.3 is 5.97 Å². The van der Waals surface area contributed by atoms with Gasteiger partial charge in [-0.3, -0.25) is 14.6 Å². The molecular formula is C16H18N2O3. The Morgan fingerprint density at radius 3 is 2.71 bits per heavy atom. The van der Waals surface area contributed by atoms with E-state index in [2.05, 4.69) is 4.98 Å². The molecular weight excluding hydrogens is 268 g/mol. The molecule has 0 radical (unpaired) electrons. The number of carbonyl (C=O) groups is 2. The van der Waals surface area contributed by atoms with E-state index in [1.807, 2.05) is 19.1 Å². The highest BCUT2D eigenvalue weighted by atomic mass is 16.4. The summed E-state index contributed by atoms with van der Waals surface area (Å²) in [6, 6.07) is 8.68. The van der Waals surface area contributed by atoms with Gasteiger partial charge in [-0.05, 0) is 32.0 Å². The van der Waals surface area contributed by atoms with Crippen molar-refractivity contribution in [3.8, 4) is 0 Å². The minimum absolute atomic E-state index is 0.0669. The molecule has 1 amide bonds. The molecule has 2 aromatic rings. The van der Waals surface area contributed by atoms with Crippen molar-refractivity contribution in [2.45, 2.75) is 26.3 Å². The Bertz CT molecular complexity index is 664. The van der Waals surface area contributed by atoms with Gasteiger partial charge in [-0.2, -0.15) is 0 Å². The molecule has 110 valence electrons. The van der Waals surface area contributed by atoms with E-state index in [9.17, 15) is 9.59 Å². The number of aromatic nitrogens is 1. The highest BCUT2D eigenvalue weighted by Gasteiger charge is 2.23. The minimum Gasteiger partial charge on any atom is -0.481 e. The second-order valence-corrected chi connectivity index (χ2v) is 4.91. The van der Waals surface area contributed by atoms with Crippen LogP contribution in [0, 0.1) is 0 Å². The van der Waals surface area contributed by atoms with Crippen LogP contribution < -0.4 is 0 Å². The lowest BCUT2D eigenvalue weighted by molar-refractivity contribution is -0.138. The number of hydrogen-bond donors (Lipinski definition) is 1. The van der Waals surface area contributed by atoms with Crippen LogP contribution in [0.5, 0.6) is 0 Å². The number of carboxylic acid groups (broad SMARTS) is 1. The lowest BCUT2D eigenvalue weighted by Gasteiger charge is -2.27. The first kappa shape index (κ1) is 15.0. The van der Waals surface area contributed by atoms with Crippen LogP contribution in [0.15, 0.2) is 36.5 Å². The minimum atomic E-state index is -0.909. The third-order valence-electron chi connectivity index (χ3n) is 3.48. The van der Waals surface area contributed by atoms with E-state index < -0.39 is 5.97 Å². The maximum Gasteiger partial charge on any atom is 0.305 e. The molecule has 1 N–H and O–H groups in total. The van der Waals surface area contributed by atoms with E-state index in [0.29, 0.717) is 12.1 Å². The summed E-state index contributed by atoms with van der Waals surface area (Å²) in [5.74, 6) is -1.07. The number of hydrogen-bond acceptors (Lipinski definition) is 3. The molecule has 1 atom stereocenters. The highest BCUT2D eigenvalue weighted by Crippen LogP contribution is 2.19. The van der Waals surface area contributed by atoms with Gasteiger partial charge in [0, 0.05) is 29.7 Å². The zero-order chi connectivity index (χ0) is 15.4. The highest BCUT2D eigenvalue weighted by molar-refractivity contribution is 6.06. The molecule has 0 spiro atoms. The molecule has 5 heteroatoms. The average molecular weight is 286 g/mol. The maximum atomic E-state index is 12.7. The van der Waals surface area contributed by atoms with Gasteiger partial charge in [-0.15, -0.1) is 0 Å². The van der Waals surface area contributed by atoms with Crippen LogP contribution in [-0.4, -0.2) is 39.5 Å². The van der Waals surface area contributed by atoms with Gasteiger partial charge < -0.3 is 10.0 Å². The Labute approximate surface area is 123 Å². The van der Waals surface area contributed by atoms with E-state index in [1.54, 1.807) is 36.2 Å². The number of carbonyl (C=O) groups excluding carboxylic acids is 1. The van der Waals surface area contributed by atoms with Crippen molar-refractivity contribution in [3.05, 3.63) is 42.1 Å². The molecule has 1 heterocycles. The van der Waals surface area contributed by atoms with E-state index >= 15 is 0 Å². The van der Waals surface area contributed by atoms with Gasteiger partial charge in [0.1, 0.15) is 0 Å². The Morgan fingerprint density at radius 1 is 1.29 bits per heavy atom. The summed E-state index contributed by atoms with van der Waals surface area (Å²) in [6.45, 7) is 4.06. The molecule has 0 aliphatic heterocycles. The van der Waals surface area contributed by atoms with Crippen molar-refractivity contribution in [1.82, 2.24) is 9.88 Å². The van der Waals surface area contributed by atoms with Crippen molar-refractivity contribution in [3.63, 3.8) is 0 Å². The Hall–Kier alpha value is -2.43. The normalized spacial score (nSPS) is 12.1. The molecule has 0 bridgehead atoms. The zero-order valence-corrected chi connectivity index (χ0v) is 12.1. The Balaban J connectivity index is 2.38. The fourth-order valence-electron chi connectivity index (χ4n) is 2.46. The van der Waals surface area contributed by atoms with Gasteiger partial charge in [-0.25, -0.2) is 0 Å². The van der Waals surface area contributed by atoms with Crippen molar-refractivity contribution in [2.24, 2.45) is 0 Å². The second-order valence-electron chi connectivity index (χ2n) is 4.91. The van der Waals surface area contributed by atoms with Crippen molar-refractivity contribution >= 4 is 22.8 Å². The molecule has 21 heavy (non-hydrogen) atoms. The summed E-state index contributed by atoms with van der Waals surface area (Å²) >= 11 is 0. The van der Waals surface area contributed by atoms with E-state index in [-0.39, 0.29) is 18.4 Å². The van der Waals surface area contributed by atoms with Crippen molar-refractivity contribution < 1.29 is 14.7 Å². The Kier molecular flexibility index (Phi) is 4.52. The smallest absolute Gasteiger partial charge is 0.305 e. The van der Waals surface area contributed by atoms with Gasteiger partial charge in [0.15, 0.2) is 0 Å². The standard InChI is InChI=1S/C16H18N2O3/c1-3-18(11(2)10-15(19)20)16(21)13-6-4-8-14-12(13)7-5-9-17-14/h4-9,11H,3,10H2,1-2H3,(H,19,20). The first-order valence-electron chi connectivity index (χ1n) is 6.91. The van der Waals surface area contributed by atoms with Gasteiger partial charge in [0.25, 0.3) is 5.91 Å². The molecule has 1 aromatic heterocycles. The van der Waals surface area contributed by atoms with E-state index in [0.717, 1.165) is 10.9 Å². The van der Waals surface area contributed by atoms with Crippen molar-refractivity contribution in [1.29, 1.82) is 0 Å². The topological polar surface area (TPSA) is 70.5 Å². The molecule has 2 rings (SSSR count). The molecule has 1 unspecified atom stereocenters. The molecule has 0 saturated heterocycles. The van der Waals surface area contributed by atoms with Crippen LogP contribution in [-0.2, 0) is 4.79 Å². The molecule has 0 aliphatic rings. The first-order chi connectivity index (χ1) is 10.0. The molecule has 5 nitrogen and oxygen atoms in total. The lowest BCUT2D eigenvalue weighted by atomic mass is 10.1. The van der Waals surface area contributed by atoms with Crippen LogP contribution in [0.2, 0.25) is 0 Å².